The number of pyridine rings is 1. The van der Waals surface area contributed by atoms with Gasteiger partial charge in [-0.25, -0.2) is 0 Å². The Bertz CT molecular complexity index is 366. The SMILES string of the molecule is C[C@H](O)c1ccc(N(CCO)CC(F)(F)F)cn1. The summed E-state index contributed by atoms with van der Waals surface area (Å²) in [7, 11) is 0. The maximum atomic E-state index is 12.3. The van der Waals surface area contributed by atoms with E-state index in [1.807, 2.05) is 0 Å². The molecule has 2 N–H and O–H groups in total. The van der Waals surface area contributed by atoms with Crippen molar-refractivity contribution in [3.05, 3.63) is 24.0 Å². The second-order valence-electron chi connectivity index (χ2n) is 3.88. The van der Waals surface area contributed by atoms with Gasteiger partial charge in [-0.15, -0.1) is 0 Å². The van der Waals surface area contributed by atoms with Crippen molar-refractivity contribution in [3.8, 4) is 0 Å². The Kier molecular flexibility index (Phi) is 4.92. The summed E-state index contributed by atoms with van der Waals surface area (Å²) < 4.78 is 37.0. The van der Waals surface area contributed by atoms with Crippen LogP contribution in [-0.4, -0.2) is 41.1 Å². The molecular formula is C11H15F3N2O2. The smallest absolute Gasteiger partial charge is 0.395 e. The zero-order chi connectivity index (χ0) is 13.8. The van der Waals surface area contributed by atoms with E-state index in [0.717, 1.165) is 4.90 Å². The van der Waals surface area contributed by atoms with Crippen molar-refractivity contribution in [2.24, 2.45) is 0 Å². The lowest BCUT2D eigenvalue weighted by molar-refractivity contribution is -0.119. The van der Waals surface area contributed by atoms with Gasteiger partial charge < -0.3 is 15.1 Å². The van der Waals surface area contributed by atoms with Gasteiger partial charge >= 0.3 is 6.18 Å². The topological polar surface area (TPSA) is 56.6 Å². The van der Waals surface area contributed by atoms with Crippen molar-refractivity contribution in [3.63, 3.8) is 0 Å². The largest absolute Gasteiger partial charge is 0.405 e. The molecule has 0 bridgehead atoms. The Morgan fingerprint density at radius 1 is 1.39 bits per heavy atom. The number of halogens is 3. The zero-order valence-electron chi connectivity index (χ0n) is 9.85. The van der Waals surface area contributed by atoms with Crippen LogP contribution in [0.5, 0.6) is 0 Å². The van der Waals surface area contributed by atoms with E-state index in [-0.39, 0.29) is 18.8 Å². The lowest BCUT2D eigenvalue weighted by Gasteiger charge is -2.25. The van der Waals surface area contributed by atoms with Gasteiger partial charge in [0, 0.05) is 6.54 Å². The normalized spacial score (nSPS) is 13.4. The molecule has 1 heterocycles. The minimum absolute atomic E-state index is 0.130. The summed E-state index contributed by atoms with van der Waals surface area (Å²) in [4.78, 5) is 4.86. The molecule has 0 aromatic carbocycles. The van der Waals surface area contributed by atoms with Gasteiger partial charge in [0.1, 0.15) is 6.54 Å². The molecule has 0 unspecified atom stereocenters. The van der Waals surface area contributed by atoms with Crippen LogP contribution in [0.25, 0.3) is 0 Å². The first-order chi connectivity index (χ1) is 8.33. The first kappa shape index (κ1) is 14.7. The monoisotopic (exact) mass is 264 g/mol. The molecule has 0 fully saturated rings. The minimum atomic E-state index is -4.35. The predicted octanol–water partition coefficient (Wildman–Crippen LogP) is 1.50. The molecule has 4 nitrogen and oxygen atoms in total. The van der Waals surface area contributed by atoms with E-state index in [4.69, 9.17) is 5.11 Å². The molecule has 1 rings (SSSR count). The van der Waals surface area contributed by atoms with Crippen molar-refractivity contribution in [2.45, 2.75) is 19.2 Å². The third kappa shape index (κ3) is 4.50. The van der Waals surface area contributed by atoms with Crippen molar-refractivity contribution in [2.75, 3.05) is 24.6 Å². The van der Waals surface area contributed by atoms with Gasteiger partial charge in [0.25, 0.3) is 0 Å². The van der Waals surface area contributed by atoms with Crippen molar-refractivity contribution >= 4 is 5.69 Å². The molecule has 18 heavy (non-hydrogen) atoms. The van der Waals surface area contributed by atoms with Gasteiger partial charge in [-0.05, 0) is 19.1 Å². The molecule has 0 saturated heterocycles. The molecule has 0 amide bonds. The molecule has 0 aliphatic rings. The van der Waals surface area contributed by atoms with Gasteiger partial charge in [0.15, 0.2) is 0 Å². The number of alkyl halides is 3. The average molecular weight is 264 g/mol. The third-order valence-corrected chi connectivity index (χ3v) is 2.30. The van der Waals surface area contributed by atoms with E-state index in [0.29, 0.717) is 5.69 Å². The molecule has 1 aromatic heterocycles. The lowest BCUT2D eigenvalue weighted by atomic mass is 10.2. The Hall–Kier alpha value is -1.34. The summed E-state index contributed by atoms with van der Waals surface area (Å²) in [5, 5.41) is 18.0. The van der Waals surface area contributed by atoms with E-state index in [1.54, 1.807) is 0 Å². The van der Waals surface area contributed by atoms with Crippen LogP contribution in [0, 0.1) is 0 Å². The third-order valence-electron chi connectivity index (χ3n) is 2.30. The van der Waals surface area contributed by atoms with Crippen LogP contribution in [0.3, 0.4) is 0 Å². The Morgan fingerprint density at radius 3 is 2.44 bits per heavy atom. The molecule has 1 aromatic rings. The van der Waals surface area contributed by atoms with Gasteiger partial charge in [-0.1, -0.05) is 0 Å². The molecule has 0 radical (unpaired) electrons. The summed E-state index contributed by atoms with van der Waals surface area (Å²) in [5.41, 5.74) is 0.639. The zero-order valence-corrected chi connectivity index (χ0v) is 9.85. The molecule has 102 valence electrons. The number of anilines is 1. The number of rotatable bonds is 5. The molecule has 0 aliphatic heterocycles. The minimum Gasteiger partial charge on any atom is -0.395 e. The highest BCUT2D eigenvalue weighted by Crippen LogP contribution is 2.22. The number of nitrogens with zero attached hydrogens (tertiary/aromatic N) is 2. The highest BCUT2D eigenvalue weighted by atomic mass is 19.4. The van der Waals surface area contributed by atoms with E-state index in [2.05, 4.69) is 4.98 Å². The van der Waals surface area contributed by atoms with Crippen LogP contribution >= 0.6 is 0 Å². The Balaban J connectivity index is 2.85. The van der Waals surface area contributed by atoms with E-state index in [9.17, 15) is 18.3 Å². The maximum Gasteiger partial charge on any atom is 0.405 e. The molecule has 0 saturated carbocycles. The van der Waals surface area contributed by atoms with Gasteiger partial charge in [0.2, 0.25) is 0 Å². The van der Waals surface area contributed by atoms with Crippen molar-refractivity contribution < 1.29 is 23.4 Å². The Labute approximate surface area is 103 Å². The maximum absolute atomic E-state index is 12.3. The fourth-order valence-electron chi connectivity index (χ4n) is 1.47. The van der Waals surface area contributed by atoms with Gasteiger partial charge in [0.05, 0.1) is 30.3 Å². The predicted molar refractivity (Wildman–Crippen MR) is 60.2 cm³/mol. The summed E-state index contributed by atoms with van der Waals surface area (Å²) in [6.07, 6.45) is -3.87. The fourth-order valence-corrected chi connectivity index (χ4v) is 1.47. The van der Waals surface area contributed by atoms with Crippen LogP contribution in [0.2, 0.25) is 0 Å². The fraction of sp³-hybridized carbons (Fsp3) is 0.545. The van der Waals surface area contributed by atoms with E-state index in [1.165, 1.54) is 25.3 Å². The molecule has 1 atom stereocenters. The number of hydrogen-bond acceptors (Lipinski definition) is 4. The standard InChI is InChI=1S/C11H15F3N2O2/c1-8(18)10-3-2-9(6-15-10)16(4-5-17)7-11(12,13)14/h2-3,6,8,17-18H,4-5,7H2,1H3/t8-/m0/s1. The highest BCUT2D eigenvalue weighted by Gasteiger charge is 2.30. The van der Waals surface area contributed by atoms with Crippen molar-refractivity contribution in [1.82, 2.24) is 4.98 Å². The van der Waals surface area contributed by atoms with E-state index < -0.39 is 18.8 Å². The van der Waals surface area contributed by atoms with Crippen LogP contribution in [0.4, 0.5) is 18.9 Å². The summed E-state index contributed by atoms with van der Waals surface area (Å²) in [5.74, 6) is 0. The van der Waals surface area contributed by atoms with Crippen LogP contribution in [-0.2, 0) is 0 Å². The number of hydrogen-bond donors (Lipinski definition) is 2. The summed E-state index contributed by atoms with van der Waals surface area (Å²) >= 11 is 0. The van der Waals surface area contributed by atoms with E-state index >= 15 is 0 Å². The summed E-state index contributed by atoms with van der Waals surface area (Å²) in [6, 6.07) is 2.90. The van der Waals surface area contributed by atoms with Gasteiger partial charge in [-0.3, -0.25) is 4.98 Å². The number of aromatic nitrogens is 1. The first-order valence-corrected chi connectivity index (χ1v) is 5.40. The molecule has 0 aliphatic carbocycles. The van der Waals surface area contributed by atoms with Crippen LogP contribution < -0.4 is 4.90 Å². The van der Waals surface area contributed by atoms with Gasteiger partial charge in [-0.2, -0.15) is 13.2 Å². The van der Waals surface area contributed by atoms with Crippen LogP contribution in [0.15, 0.2) is 18.3 Å². The first-order valence-electron chi connectivity index (χ1n) is 5.40. The molecule has 7 heteroatoms. The molecule has 0 spiro atoms. The quantitative estimate of drug-likeness (QED) is 0.846. The molecular weight excluding hydrogens is 249 g/mol. The van der Waals surface area contributed by atoms with Crippen LogP contribution in [0.1, 0.15) is 18.7 Å². The number of aliphatic hydroxyl groups is 2. The Morgan fingerprint density at radius 2 is 2.06 bits per heavy atom. The summed E-state index contributed by atoms with van der Waals surface area (Å²) in [6.45, 7) is -0.143. The number of aliphatic hydroxyl groups excluding tert-OH is 2. The highest BCUT2D eigenvalue weighted by molar-refractivity contribution is 5.45. The lowest BCUT2D eigenvalue weighted by Crippen LogP contribution is -2.36. The second-order valence-corrected chi connectivity index (χ2v) is 3.88. The average Bonchev–Trinajstić information content (AvgIpc) is 2.27. The second kappa shape index (κ2) is 6.01. The van der Waals surface area contributed by atoms with Crippen molar-refractivity contribution in [1.29, 1.82) is 0 Å².